The zero-order chi connectivity index (χ0) is 17.6. The predicted molar refractivity (Wildman–Crippen MR) is 93.4 cm³/mol. The summed E-state index contributed by atoms with van der Waals surface area (Å²) in [6, 6.07) is 7.18. The highest BCUT2D eigenvalue weighted by Crippen LogP contribution is 2.37. The number of ketones is 1. The average Bonchev–Trinajstić information content (AvgIpc) is 2.81. The first-order valence-electron chi connectivity index (χ1n) is 7.89. The van der Waals surface area contributed by atoms with Crippen LogP contribution in [-0.4, -0.2) is 16.3 Å². The number of carbonyl (C=O) groups excluding carboxylic acids is 2. The van der Waals surface area contributed by atoms with E-state index < -0.39 is 5.91 Å². The fourth-order valence-electron chi connectivity index (χ4n) is 3.52. The molecular formula is C20H20N2O2. The van der Waals surface area contributed by atoms with Crippen LogP contribution in [0.15, 0.2) is 24.3 Å². The molecule has 0 spiro atoms. The van der Waals surface area contributed by atoms with E-state index in [0.717, 1.165) is 29.1 Å². The molecule has 1 aliphatic carbocycles. The van der Waals surface area contributed by atoms with Crippen molar-refractivity contribution in [1.29, 1.82) is 0 Å². The fourth-order valence-corrected chi connectivity index (χ4v) is 3.52. The molecule has 0 atom stereocenters. The number of hydrogen-bond acceptors (Lipinski definition) is 2. The molecule has 1 amide bonds. The van der Waals surface area contributed by atoms with Crippen LogP contribution in [0.4, 0.5) is 0 Å². The molecule has 2 aromatic rings. The Hall–Kier alpha value is -2.80. The predicted octanol–water partition coefficient (Wildman–Crippen LogP) is 3.02. The van der Waals surface area contributed by atoms with Gasteiger partial charge in [0.1, 0.15) is 0 Å². The smallest absolute Gasteiger partial charge is 0.249 e. The number of primary amides is 1. The summed E-state index contributed by atoms with van der Waals surface area (Å²) < 4.78 is 2.06. The van der Waals surface area contributed by atoms with Gasteiger partial charge in [0.15, 0.2) is 5.78 Å². The van der Waals surface area contributed by atoms with Crippen molar-refractivity contribution in [2.24, 2.45) is 11.1 Å². The molecule has 4 nitrogen and oxygen atoms in total. The number of terminal acetylenes is 1. The SMILES string of the molecule is C#Cc1cc(-n2c(C)cc3c2CC(C)(C)CC3=O)ccc1C(N)=O. The van der Waals surface area contributed by atoms with Gasteiger partial charge in [0, 0.05) is 34.6 Å². The van der Waals surface area contributed by atoms with Gasteiger partial charge in [-0.15, -0.1) is 6.42 Å². The third-order valence-corrected chi connectivity index (χ3v) is 4.55. The number of carbonyl (C=O) groups is 2. The number of aryl methyl sites for hydroxylation is 1. The largest absolute Gasteiger partial charge is 0.366 e. The second-order valence-electron chi connectivity index (χ2n) is 7.16. The number of fused-ring (bicyclic) bond motifs is 1. The van der Waals surface area contributed by atoms with E-state index in [2.05, 4.69) is 24.3 Å². The van der Waals surface area contributed by atoms with E-state index in [9.17, 15) is 9.59 Å². The zero-order valence-electron chi connectivity index (χ0n) is 14.1. The highest BCUT2D eigenvalue weighted by molar-refractivity contribution is 5.99. The average molecular weight is 320 g/mol. The highest BCUT2D eigenvalue weighted by Gasteiger charge is 2.34. The second kappa shape index (κ2) is 5.38. The van der Waals surface area contributed by atoms with Crippen LogP contribution in [0.1, 0.15) is 57.9 Å². The number of aromatic nitrogens is 1. The molecule has 1 aromatic heterocycles. The van der Waals surface area contributed by atoms with Crippen LogP contribution in [0.3, 0.4) is 0 Å². The van der Waals surface area contributed by atoms with Crippen LogP contribution in [0.2, 0.25) is 0 Å². The molecule has 0 fully saturated rings. The van der Waals surface area contributed by atoms with Crippen molar-refractivity contribution in [2.45, 2.75) is 33.6 Å². The van der Waals surface area contributed by atoms with Crippen LogP contribution in [0, 0.1) is 24.7 Å². The van der Waals surface area contributed by atoms with Crippen molar-refractivity contribution in [2.75, 3.05) is 0 Å². The number of nitrogens with two attached hydrogens (primary N) is 1. The summed E-state index contributed by atoms with van der Waals surface area (Å²) >= 11 is 0. The van der Waals surface area contributed by atoms with Gasteiger partial charge in [0.2, 0.25) is 5.91 Å². The Kier molecular flexibility index (Phi) is 3.60. The summed E-state index contributed by atoms with van der Waals surface area (Å²) in [5.74, 6) is 2.15. The molecule has 0 saturated carbocycles. The van der Waals surface area contributed by atoms with Gasteiger partial charge in [-0.1, -0.05) is 19.8 Å². The summed E-state index contributed by atoms with van der Waals surface area (Å²) in [4.78, 5) is 23.9. The Morgan fingerprint density at radius 1 is 1.29 bits per heavy atom. The van der Waals surface area contributed by atoms with Gasteiger partial charge < -0.3 is 10.3 Å². The molecule has 2 N–H and O–H groups in total. The van der Waals surface area contributed by atoms with Gasteiger partial charge in [-0.3, -0.25) is 9.59 Å². The fraction of sp³-hybridized carbons (Fsp3) is 0.300. The van der Waals surface area contributed by atoms with Crippen LogP contribution < -0.4 is 5.73 Å². The first-order valence-corrected chi connectivity index (χ1v) is 7.89. The normalized spacial score (nSPS) is 15.7. The molecule has 3 rings (SSSR count). The molecule has 1 aromatic carbocycles. The van der Waals surface area contributed by atoms with Gasteiger partial charge in [0.25, 0.3) is 0 Å². The van der Waals surface area contributed by atoms with Crippen LogP contribution >= 0.6 is 0 Å². The highest BCUT2D eigenvalue weighted by atomic mass is 16.1. The Labute approximate surface area is 141 Å². The molecule has 1 aliphatic rings. The summed E-state index contributed by atoms with van der Waals surface area (Å²) in [6.07, 6.45) is 6.90. The van der Waals surface area contributed by atoms with Crippen molar-refractivity contribution in [3.05, 3.63) is 52.3 Å². The van der Waals surface area contributed by atoms with Gasteiger partial charge in [-0.05, 0) is 43.0 Å². The standard InChI is InChI=1S/C20H20N2O2/c1-5-13-9-14(6-7-15(13)19(21)24)22-12(2)8-16-17(22)10-20(3,4)11-18(16)23/h1,6-9H,10-11H2,2-4H3,(H2,21,24). The van der Waals surface area contributed by atoms with E-state index in [-0.39, 0.29) is 11.2 Å². The lowest BCUT2D eigenvalue weighted by molar-refractivity contribution is 0.0910. The minimum absolute atomic E-state index is 0.0747. The number of amides is 1. The Balaban J connectivity index is 2.21. The van der Waals surface area contributed by atoms with Gasteiger partial charge in [0.05, 0.1) is 5.56 Å². The number of benzene rings is 1. The third kappa shape index (κ3) is 2.52. The third-order valence-electron chi connectivity index (χ3n) is 4.55. The van der Waals surface area contributed by atoms with Gasteiger partial charge in [-0.25, -0.2) is 0 Å². The van der Waals surface area contributed by atoms with Crippen molar-refractivity contribution < 1.29 is 9.59 Å². The molecule has 0 saturated heterocycles. The zero-order valence-corrected chi connectivity index (χ0v) is 14.1. The molecule has 0 unspecified atom stereocenters. The Morgan fingerprint density at radius 3 is 2.62 bits per heavy atom. The van der Waals surface area contributed by atoms with E-state index in [1.54, 1.807) is 12.1 Å². The topological polar surface area (TPSA) is 65.1 Å². The quantitative estimate of drug-likeness (QED) is 0.864. The number of rotatable bonds is 2. The van der Waals surface area contributed by atoms with Crippen molar-refractivity contribution in [1.82, 2.24) is 4.57 Å². The lowest BCUT2D eigenvalue weighted by atomic mass is 9.76. The van der Waals surface area contributed by atoms with E-state index in [1.165, 1.54) is 0 Å². The monoisotopic (exact) mass is 320 g/mol. The van der Waals surface area contributed by atoms with Gasteiger partial charge >= 0.3 is 0 Å². The van der Waals surface area contributed by atoms with Gasteiger partial charge in [-0.2, -0.15) is 0 Å². The molecule has 122 valence electrons. The number of nitrogens with zero attached hydrogens (tertiary/aromatic N) is 1. The molecule has 0 bridgehead atoms. The summed E-state index contributed by atoms with van der Waals surface area (Å²) in [7, 11) is 0. The maximum absolute atomic E-state index is 12.5. The van der Waals surface area contributed by atoms with Crippen molar-refractivity contribution >= 4 is 11.7 Å². The molecule has 1 heterocycles. The lowest BCUT2D eigenvalue weighted by Gasteiger charge is -2.30. The van der Waals surface area contributed by atoms with Crippen LogP contribution in [0.5, 0.6) is 0 Å². The van der Waals surface area contributed by atoms with Crippen LogP contribution in [0.25, 0.3) is 5.69 Å². The van der Waals surface area contributed by atoms with E-state index in [1.807, 2.05) is 19.1 Å². The van der Waals surface area contributed by atoms with E-state index in [0.29, 0.717) is 17.5 Å². The second-order valence-corrected chi connectivity index (χ2v) is 7.16. The van der Waals surface area contributed by atoms with E-state index in [4.69, 9.17) is 12.2 Å². The minimum atomic E-state index is -0.544. The van der Waals surface area contributed by atoms with Crippen molar-refractivity contribution in [3.8, 4) is 18.0 Å². The molecule has 24 heavy (non-hydrogen) atoms. The summed E-state index contributed by atoms with van der Waals surface area (Å²) in [5.41, 5.74) is 9.69. The lowest BCUT2D eigenvalue weighted by Crippen LogP contribution is -2.27. The number of hydrogen-bond donors (Lipinski definition) is 1. The first-order chi connectivity index (χ1) is 11.2. The summed E-state index contributed by atoms with van der Waals surface area (Å²) in [6.45, 7) is 6.17. The van der Waals surface area contributed by atoms with Crippen LogP contribution in [-0.2, 0) is 6.42 Å². The molecule has 0 radical (unpaired) electrons. The Morgan fingerprint density at radius 2 is 2.00 bits per heavy atom. The number of Topliss-reactive ketones (excluding diaryl/α,β-unsaturated/α-hetero) is 1. The molecule has 4 heteroatoms. The van der Waals surface area contributed by atoms with E-state index >= 15 is 0 Å². The molecular weight excluding hydrogens is 300 g/mol. The Bertz CT molecular complexity index is 910. The first kappa shape index (κ1) is 16.1. The molecule has 0 aliphatic heterocycles. The maximum Gasteiger partial charge on any atom is 0.249 e. The summed E-state index contributed by atoms with van der Waals surface area (Å²) in [5, 5.41) is 0. The maximum atomic E-state index is 12.5. The van der Waals surface area contributed by atoms with Crippen molar-refractivity contribution in [3.63, 3.8) is 0 Å². The minimum Gasteiger partial charge on any atom is -0.366 e.